The number of benzene rings is 2. The zero-order valence-electron chi connectivity index (χ0n) is 12.3. The molecule has 0 fully saturated rings. The zero-order valence-corrected chi connectivity index (χ0v) is 13.2. The number of ether oxygens (including phenoxy) is 1. The van der Waals surface area contributed by atoms with Gasteiger partial charge in [0.05, 0.1) is 5.25 Å². The van der Waals surface area contributed by atoms with E-state index in [1.807, 2.05) is 36.5 Å². The molecular formula is C18H15N3OS. The number of nitrogens with two attached hydrogens (primary N) is 1. The van der Waals surface area contributed by atoms with Gasteiger partial charge in [-0.05, 0) is 28.8 Å². The second-order valence-corrected chi connectivity index (χ2v) is 6.39. The highest BCUT2D eigenvalue weighted by molar-refractivity contribution is 8.14. The fraction of sp³-hybridized carbons (Fsp3) is 0.111. The largest absolute Gasteiger partial charge is 0.486 e. The summed E-state index contributed by atoms with van der Waals surface area (Å²) in [5.41, 5.74) is 10.2. The lowest BCUT2D eigenvalue weighted by Gasteiger charge is -2.23. The average molecular weight is 321 g/mol. The fourth-order valence-corrected chi connectivity index (χ4v) is 3.67. The minimum Gasteiger partial charge on any atom is -0.486 e. The molecule has 2 aromatic rings. The third kappa shape index (κ3) is 2.75. The molecule has 4 rings (SSSR count). The number of hydrogen-bond donors (Lipinski definition) is 1. The van der Waals surface area contributed by atoms with E-state index in [2.05, 4.69) is 28.2 Å². The van der Waals surface area contributed by atoms with E-state index in [9.17, 15) is 0 Å². The summed E-state index contributed by atoms with van der Waals surface area (Å²) in [5, 5.41) is 0.710. The Bertz CT molecular complexity index is 827. The average Bonchev–Trinajstić information content (AvgIpc) is 2.62. The maximum atomic E-state index is 5.94. The van der Waals surface area contributed by atoms with Gasteiger partial charge in [-0.25, -0.2) is 4.99 Å². The van der Waals surface area contributed by atoms with E-state index >= 15 is 0 Å². The van der Waals surface area contributed by atoms with Gasteiger partial charge in [0.15, 0.2) is 5.17 Å². The van der Waals surface area contributed by atoms with Crippen LogP contribution in [0.5, 0.6) is 5.75 Å². The molecule has 0 spiro atoms. The predicted molar refractivity (Wildman–Crippen MR) is 96.5 cm³/mol. The third-order valence-corrected chi connectivity index (χ3v) is 4.90. The van der Waals surface area contributed by atoms with E-state index in [1.165, 1.54) is 5.56 Å². The first-order chi connectivity index (χ1) is 11.3. The molecule has 0 aliphatic carbocycles. The van der Waals surface area contributed by atoms with Crippen LogP contribution < -0.4 is 10.5 Å². The third-order valence-electron chi connectivity index (χ3n) is 3.79. The lowest BCUT2D eigenvalue weighted by Crippen LogP contribution is -2.14. The van der Waals surface area contributed by atoms with Crippen LogP contribution in [0.4, 0.5) is 5.69 Å². The number of rotatable bonds is 2. The van der Waals surface area contributed by atoms with Gasteiger partial charge in [0.2, 0.25) is 0 Å². The molecule has 2 heterocycles. The van der Waals surface area contributed by atoms with Gasteiger partial charge >= 0.3 is 0 Å². The summed E-state index contributed by atoms with van der Waals surface area (Å²) < 4.78 is 5.57. The van der Waals surface area contributed by atoms with E-state index in [0.717, 1.165) is 22.6 Å². The molecule has 0 saturated heterocycles. The van der Waals surface area contributed by atoms with Crippen molar-refractivity contribution in [3.05, 3.63) is 65.9 Å². The summed E-state index contributed by atoms with van der Waals surface area (Å²) in [7, 11) is 0. The number of hydrogen-bond acceptors (Lipinski definition) is 5. The van der Waals surface area contributed by atoms with Crippen molar-refractivity contribution in [2.24, 2.45) is 15.7 Å². The highest BCUT2D eigenvalue weighted by atomic mass is 32.2. The van der Waals surface area contributed by atoms with Crippen molar-refractivity contribution in [1.82, 2.24) is 0 Å². The molecule has 4 nitrogen and oxygen atoms in total. The Hall–Kier alpha value is -2.53. The highest BCUT2D eigenvalue weighted by Gasteiger charge is 2.24. The van der Waals surface area contributed by atoms with E-state index in [1.54, 1.807) is 18.0 Å². The van der Waals surface area contributed by atoms with Gasteiger partial charge in [0, 0.05) is 12.4 Å². The summed E-state index contributed by atoms with van der Waals surface area (Å²) in [6.45, 7) is 0.526. The molecule has 0 radical (unpaired) electrons. The summed E-state index contributed by atoms with van der Waals surface area (Å²) >= 11 is 1.57. The van der Waals surface area contributed by atoms with Crippen LogP contribution in [0.1, 0.15) is 16.4 Å². The maximum absolute atomic E-state index is 5.94. The van der Waals surface area contributed by atoms with Crippen LogP contribution in [-0.2, 0) is 0 Å². The van der Waals surface area contributed by atoms with Crippen LogP contribution in [0.25, 0.3) is 5.57 Å². The van der Waals surface area contributed by atoms with Crippen molar-refractivity contribution in [2.75, 3.05) is 6.61 Å². The molecule has 0 aromatic heterocycles. The van der Waals surface area contributed by atoms with Crippen LogP contribution in [0.15, 0.2) is 64.7 Å². The first kappa shape index (κ1) is 14.1. The molecule has 0 saturated carbocycles. The van der Waals surface area contributed by atoms with E-state index < -0.39 is 0 Å². The zero-order chi connectivity index (χ0) is 15.6. The van der Waals surface area contributed by atoms with E-state index in [4.69, 9.17) is 10.5 Å². The van der Waals surface area contributed by atoms with Crippen molar-refractivity contribution in [1.29, 1.82) is 0 Å². The molecule has 1 atom stereocenters. The Morgan fingerprint density at radius 3 is 2.87 bits per heavy atom. The monoisotopic (exact) mass is 321 g/mol. The normalized spacial score (nSPS) is 19.4. The number of fused-ring (bicyclic) bond motifs is 1. The van der Waals surface area contributed by atoms with Crippen molar-refractivity contribution >= 4 is 34.4 Å². The molecule has 2 aliphatic heterocycles. The van der Waals surface area contributed by atoms with Gasteiger partial charge in [0.25, 0.3) is 0 Å². The van der Waals surface area contributed by atoms with Gasteiger partial charge in [0.1, 0.15) is 18.0 Å². The van der Waals surface area contributed by atoms with Crippen LogP contribution >= 0.6 is 11.8 Å². The van der Waals surface area contributed by atoms with Crippen LogP contribution in [-0.4, -0.2) is 18.0 Å². The van der Waals surface area contributed by atoms with Crippen LogP contribution in [0.2, 0.25) is 0 Å². The highest BCUT2D eigenvalue weighted by Crippen LogP contribution is 2.45. The number of nitrogens with zero attached hydrogens (tertiary/aromatic N) is 2. The predicted octanol–water partition coefficient (Wildman–Crippen LogP) is 3.93. The van der Waals surface area contributed by atoms with Gasteiger partial charge in [-0.15, -0.1) is 0 Å². The molecule has 1 unspecified atom stereocenters. The molecule has 114 valence electrons. The van der Waals surface area contributed by atoms with E-state index in [0.29, 0.717) is 11.8 Å². The molecule has 2 aromatic carbocycles. The second-order valence-electron chi connectivity index (χ2n) is 5.27. The minimum atomic E-state index is 0.125. The van der Waals surface area contributed by atoms with Gasteiger partial charge < -0.3 is 10.5 Å². The summed E-state index contributed by atoms with van der Waals surface area (Å²) in [6, 6.07) is 16.4. The Labute approximate surface area is 138 Å². The standard InChI is InChI=1S/C18H15N3OS/c19-18-21-11-14(17(23-18)12-4-2-1-3-5-12)13-6-7-16-15(10-13)20-8-9-22-16/h1-8,10-11,17H,9H2,(H2,19,21). The van der Waals surface area contributed by atoms with Gasteiger partial charge in [-0.1, -0.05) is 48.2 Å². The maximum Gasteiger partial charge on any atom is 0.159 e. The molecule has 2 N–H and O–H groups in total. The first-order valence-corrected chi connectivity index (χ1v) is 8.24. The topological polar surface area (TPSA) is 60.0 Å². The number of aliphatic imine (C=N–C) groups is 2. The van der Waals surface area contributed by atoms with Crippen molar-refractivity contribution in [2.45, 2.75) is 5.25 Å². The Morgan fingerprint density at radius 2 is 2.00 bits per heavy atom. The Balaban J connectivity index is 1.77. The van der Waals surface area contributed by atoms with Crippen LogP contribution in [0, 0.1) is 0 Å². The second kappa shape index (κ2) is 5.93. The fourth-order valence-electron chi connectivity index (χ4n) is 2.70. The molecule has 0 amide bonds. The van der Waals surface area contributed by atoms with Crippen molar-refractivity contribution in [3.63, 3.8) is 0 Å². The van der Waals surface area contributed by atoms with Gasteiger partial charge in [-0.3, -0.25) is 4.99 Å². The lowest BCUT2D eigenvalue weighted by atomic mass is 9.97. The molecule has 23 heavy (non-hydrogen) atoms. The van der Waals surface area contributed by atoms with Crippen LogP contribution in [0.3, 0.4) is 0 Å². The smallest absolute Gasteiger partial charge is 0.159 e. The summed E-state index contributed by atoms with van der Waals surface area (Å²) in [5.74, 6) is 0.819. The SMILES string of the molecule is NC1=NC=C(c2ccc3c(c2)N=CCO3)C(c2ccccc2)S1. The molecule has 2 aliphatic rings. The minimum absolute atomic E-state index is 0.125. The first-order valence-electron chi connectivity index (χ1n) is 7.36. The molecule has 0 bridgehead atoms. The van der Waals surface area contributed by atoms with E-state index in [-0.39, 0.29) is 5.25 Å². The van der Waals surface area contributed by atoms with Gasteiger partial charge in [-0.2, -0.15) is 0 Å². The summed E-state index contributed by atoms with van der Waals surface area (Å²) in [6.07, 6.45) is 3.64. The van der Waals surface area contributed by atoms with Crippen molar-refractivity contribution in [3.8, 4) is 5.75 Å². The van der Waals surface area contributed by atoms with Crippen molar-refractivity contribution < 1.29 is 4.74 Å². The Morgan fingerprint density at radius 1 is 1.13 bits per heavy atom. The quantitative estimate of drug-likeness (QED) is 0.912. The summed E-state index contributed by atoms with van der Waals surface area (Å²) in [4.78, 5) is 8.72. The number of amidine groups is 1. The molecule has 5 heteroatoms. The lowest BCUT2D eigenvalue weighted by molar-refractivity contribution is 0.377. The number of thioether (sulfide) groups is 1. The Kier molecular flexibility index (Phi) is 3.63. The molecular weight excluding hydrogens is 306 g/mol.